The molecular weight excluding hydrogens is 482 g/mol. The zero-order chi connectivity index (χ0) is 20.7. The van der Waals surface area contributed by atoms with Gasteiger partial charge in [0.05, 0.1) is 12.4 Å². The van der Waals surface area contributed by atoms with Gasteiger partial charge in [-0.15, -0.1) is 0 Å². The lowest BCUT2D eigenvalue weighted by Crippen LogP contribution is -3.00. The van der Waals surface area contributed by atoms with Crippen LogP contribution >= 0.6 is 0 Å². The summed E-state index contributed by atoms with van der Waals surface area (Å²) in [5.41, 5.74) is 10.5. The monoisotopic (exact) mass is 512 g/mol. The fourth-order valence-electron chi connectivity index (χ4n) is 4.83. The van der Waals surface area contributed by atoms with Crippen LogP contribution in [0, 0.1) is 41.5 Å². The molecule has 0 spiro atoms. The van der Waals surface area contributed by atoms with Crippen LogP contribution in [0.15, 0.2) is 61.7 Å². The highest BCUT2D eigenvalue weighted by Gasteiger charge is 2.14. The lowest BCUT2D eigenvalue weighted by atomic mass is 10.1. The summed E-state index contributed by atoms with van der Waals surface area (Å²) in [6.07, 6.45) is 13.1. The molecular formula is C24H30BIN4. The molecule has 6 heteroatoms. The quantitative estimate of drug-likeness (QED) is 0.273. The number of hydrogen-bond donors (Lipinski definition) is 0. The molecule has 0 bridgehead atoms. The normalized spacial score (nSPS) is 10.9. The molecule has 30 heavy (non-hydrogen) atoms. The summed E-state index contributed by atoms with van der Waals surface area (Å²) in [4.78, 5) is 0. The first-order chi connectivity index (χ1) is 13.8. The van der Waals surface area contributed by atoms with E-state index in [2.05, 4.69) is 121 Å². The van der Waals surface area contributed by atoms with E-state index in [-0.39, 0.29) is 24.0 Å². The molecule has 0 radical (unpaired) electrons. The van der Waals surface area contributed by atoms with E-state index in [1.807, 2.05) is 0 Å². The van der Waals surface area contributed by atoms with E-state index in [1.165, 1.54) is 44.8 Å². The fraction of sp³-hybridized carbons (Fsp3) is 0.250. The molecule has 0 aliphatic carbocycles. The molecule has 0 atom stereocenters. The van der Waals surface area contributed by atoms with Gasteiger partial charge in [-0.3, -0.25) is 0 Å². The molecule has 0 aliphatic heterocycles. The Hall–Kier alpha value is -2.35. The minimum atomic E-state index is -0.531. The highest BCUT2D eigenvalue weighted by atomic mass is 127. The summed E-state index contributed by atoms with van der Waals surface area (Å²) in [6.45, 7) is 13.1. The van der Waals surface area contributed by atoms with Crippen LogP contribution in [0.4, 0.5) is 0 Å². The van der Waals surface area contributed by atoms with E-state index in [1.54, 1.807) is 0 Å². The van der Waals surface area contributed by atoms with Crippen molar-refractivity contribution >= 4 is 7.55 Å². The van der Waals surface area contributed by atoms with E-state index in [4.69, 9.17) is 0 Å². The Morgan fingerprint density at radius 2 is 0.933 bits per heavy atom. The van der Waals surface area contributed by atoms with Gasteiger partial charge in [0.1, 0.15) is 23.8 Å². The Morgan fingerprint density at radius 1 is 0.600 bits per heavy atom. The third-order valence-corrected chi connectivity index (χ3v) is 5.79. The maximum atomic E-state index is 2.33. The summed E-state index contributed by atoms with van der Waals surface area (Å²) in [7, 11) is -0.531. The molecule has 0 saturated carbocycles. The van der Waals surface area contributed by atoms with Crippen molar-refractivity contribution in [3.8, 4) is 11.4 Å². The molecule has 0 N–H and O–H groups in total. The van der Waals surface area contributed by atoms with Gasteiger partial charge in [-0.2, -0.15) is 0 Å². The van der Waals surface area contributed by atoms with Crippen molar-refractivity contribution < 1.29 is 32.9 Å². The van der Waals surface area contributed by atoms with Gasteiger partial charge in [-0.05, 0) is 63.8 Å². The van der Waals surface area contributed by atoms with E-state index >= 15 is 0 Å². The van der Waals surface area contributed by atoms with E-state index < -0.39 is 7.55 Å². The van der Waals surface area contributed by atoms with Crippen molar-refractivity contribution in [2.45, 2.75) is 41.5 Å². The zero-order valence-corrected chi connectivity index (χ0v) is 21.1. The number of aryl methyl sites for hydroxylation is 6. The minimum Gasteiger partial charge on any atom is -1.00 e. The molecule has 4 nitrogen and oxygen atoms in total. The van der Waals surface area contributed by atoms with Crippen LogP contribution in [0.3, 0.4) is 0 Å². The Kier molecular flexibility index (Phi) is 6.55. The van der Waals surface area contributed by atoms with Crippen molar-refractivity contribution in [2.24, 2.45) is 0 Å². The van der Waals surface area contributed by atoms with Gasteiger partial charge in [0.15, 0.2) is 0 Å². The average molecular weight is 512 g/mol. The Bertz CT molecular complexity index is 1070. The van der Waals surface area contributed by atoms with Crippen LogP contribution < -0.4 is 32.9 Å². The molecule has 2 heterocycles. The number of halogens is 1. The van der Waals surface area contributed by atoms with Gasteiger partial charge in [0.25, 0.3) is 0 Å². The van der Waals surface area contributed by atoms with Gasteiger partial charge in [0, 0.05) is 0 Å². The number of aromatic nitrogens is 4. The van der Waals surface area contributed by atoms with Crippen LogP contribution in [0.25, 0.3) is 11.4 Å². The average Bonchev–Trinajstić information content (AvgIpc) is 3.23. The highest BCUT2D eigenvalue weighted by Crippen LogP contribution is 2.21. The molecule has 0 unspecified atom stereocenters. The number of nitrogens with zero attached hydrogens (tertiary/aromatic N) is 4. The van der Waals surface area contributed by atoms with Crippen molar-refractivity contribution in [1.29, 1.82) is 0 Å². The van der Waals surface area contributed by atoms with Crippen molar-refractivity contribution in [3.05, 3.63) is 95.1 Å². The summed E-state index contributed by atoms with van der Waals surface area (Å²) in [5, 5.41) is 0. The predicted molar refractivity (Wildman–Crippen MR) is 120 cm³/mol. The second-order valence-electron chi connectivity index (χ2n) is 8.67. The Labute approximate surface area is 197 Å². The number of hydrogen-bond acceptors (Lipinski definition) is 0. The molecule has 2 aromatic carbocycles. The number of imidazole rings is 2. The zero-order valence-electron chi connectivity index (χ0n) is 18.9. The molecule has 0 saturated heterocycles. The summed E-state index contributed by atoms with van der Waals surface area (Å²) in [5.74, 6) is 0. The topological polar surface area (TPSA) is 17.6 Å². The van der Waals surface area contributed by atoms with Gasteiger partial charge < -0.3 is 32.9 Å². The second kappa shape index (κ2) is 8.80. The van der Waals surface area contributed by atoms with Gasteiger partial charge in [-0.25, -0.2) is 9.13 Å². The lowest BCUT2D eigenvalue weighted by Gasteiger charge is -2.08. The summed E-state index contributed by atoms with van der Waals surface area (Å²) >= 11 is 0. The largest absolute Gasteiger partial charge is 1.00 e. The van der Waals surface area contributed by atoms with Crippen molar-refractivity contribution in [1.82, 2.24) is 9.13 Å². The van der Waals surface area contributed by atoms with E-state index in [0.717, 1.165) is 0 Å². The van der Waals surface area contributed by atoms with Gasteiger partial charge in [-0.1, -0.05) is 35.4 Å². The smallest absolute Gasteiger partial charge is 0.356 e. The summed E-state index contributed by atoms with van der Waals surface area (Å²) < 4.78 is 9.16. The molecule has 0 aliphatic rings. The summed E-state index contributed by atoms with van der Waals surface area (Å²) in [6, 6.07) is 9.02. The maximum Gasteiger partial charge on any atom is 0.356 e. The SMILES string of the molecule is Cc1cc(C)c(-n2cc[n+]([BH2-][n+]3ccn(-c4c(C)cc(C)cc4C)c3)c2)c(C)c1.[I-]. The first kappa shape index (κ1) is 22.3. The molecule has 156 valence electrons. The first-order valence-corrected chi connectivity index (χ1v) is 10.4. The standard InChI is InChI=1S/C24H30BN4.HI/c1-17-11-19(3)23(20(4)12-17)26-7-9-28(15-26)25-29-10-8-27(16-29)24-21(5)13-18(2)14-22(24)6;/h7-16H,25H2,1-6H3;1H/q+1;/p-1. The highest BCUT2D eigenvalue weighted by molar-refractivity contribution is 6.11. The first-order valence-electron chi connectivity index (χ1n) is 10.4. The number of rotatable bonds is 4. The van der Waals surface area contributed by atoms with E-state index in [9.17, 15) is 0 Å². The molecule has 2 aromatic heterocycles. The van der Waals surface area contributed by atoms with Crippen LogP contribution in [0.1, 0.15) is 33.4 Å². The molecule has 0 fully saturated rings. The van der Waals surface area contributed by atoms with Crippen LogP contribution in [0.5, 0.6) is 0 Å². The Morgan fingerprint density at radius 3 is 1.27 bits per heavy atom. The maximum absolute atomic E-state index is 2.33. The Balaban J connectivity index is 0.00000256. The van der Waals surface area contributed by atoms with Crippen LogP contribution in [0.2, 0.25) is 0 Å². The molecule has 0 amide bonds. The number of benzene rings is 2. The van der Waals surface area contributed by atoms with Crippen molar-refractivity contribution in [3.63, 3.8) is 0 Å². The van der Waals surface area contributed by atoms with Gasteiger partial charge >= 0.3 is 7.55 Å². The third kappa shape index (κ3) is 4.38. The van der Waals surface area contributed by atoms with Crippen LogP contribution in [-0.4, -0.2) is 16.7 Å². The lowest BCUT2D eigenvalue weighted by molar-refractivity contribution is -0.658. The second-order valence-corrected chi connectivity index (χ2v) is 8.67. The minimum absolute atomic E-state index is 0. The van der Waals surface area contributed by atoms with Gasteiger partial charge in [0.2, 0.25) is 12.7 Å². The van der Waals surface area contributed by atoms with Crippen LogP contribution in [-0.2, 0) is 0 Å². The fourth-order valence-corrected chi connectivity index (χ4v) is 4.83. The molecule has 4 rings (SSSR count). The third-order valence-electron chi connectivity index (χ3n) is 5.79. The molecule has 4 aromatic rings. The predicted octanol–water partition coefficient (Wildman–Crippen LogP) is 0.0927. The van der Waals surface area contributed by atoms with E-state index in [0.29, 0.717) is 0 Å². The van der Waals surface area contributed by atoms with Crippen molar-refractivity contribution in [2.75, 3.05) is 0 Å².